The van der Waals surface area contributed by atoms with Gasteiger partial charge in [0.1, 0.15) is 5.75 Å². The lowest BCUT2D eigenvalue weighted by molar-refractivity contribution is -0.122. The van der Waals surface area contributed by atoms with E-state index in [0.717, 1.165) is 0 Å². The standard InChI is InChI=1S/C20H20ClN3O4/c1-12(25)22-14-6-7-17(21)18(9-14)23-20(27)13-8-19(26)24(11-13)15-4-3-5-16(10-15)28-2/h3-7,9-10,13H,8,11H2,1-2H3,(H,22,25)(H,23,27). The number of halogens is 1. The van der Waals surface area contributed by atoms with Crippen LogP contribution in [0.25, 0.3) is 0 Å². The third-order valence-corrected chi connectivity index (χ3v) is 4.74. The minimum absolute atomic E-state index is 0.103. The number of amides is 3. The van der Waals surface area contributed by atoms with Gasteiger partial charge in [0.15, 0.2) is 0 Å². The van der Waals surface area contributed by atoms with Crippen LogP contribution in [0.1, 0.15) is 13.3 Å². The molecule has 0 saturated carbocycles. The van der Waals surface area contributed by atoms with E-state index in [1.807, 2.05) is 0 Å². The molecule has 28 heavy (non-hydrogen) atoms. The summed E-state index contributed by atoms with van der Waals surface area (Å²) < 4.78 is 5.19. The van der Waals surface area contributed by atoms with Gasteiger partial charge in [-0.05, 0) is 30.3 Å². The number of ether oxygens (including phenoxy) is 1. The van der Waals surface area contributed by atoms with Crippen molar-refractivity contribution in [2.24, 2.45) is 5.92 Å². The molecule has 1 aliphatic rings. The SMILES string of the molecule is COc1cccc(N2CC(C(=O)Nc3cc(NC(C)=O)ccc3Cl)CC2=O)c1. The average molecular weight is 402 g/mol. The van der Waals surface area contributed by atoms with E-state index in [-0.39, 0.29) is 30.7 Å². The quantitative estimate of drug-likeness (QED) is 0.804. The van der Waals surface area contributed by atoms with Gasteiger partial charge in [-0.15, -0.1) is 0 Å². The number of nitrogens with zero attached hydrogens (tertiary/aromatic N) is 1. The van der Waals surface area contributed by atoms with E-state index in [9.17, 15) is 14.4 Å². The number of hydrogen-bond donors (Lipinski definition) is 2. The highest BCUT2D eigenvalue weighted by Gasteiger charge is 2.35. The summed E-state index contributed by atoms with van der Waals surface area (Å²) in [7, 11) is 1.56. The van der Waals surface area contributed by atoms with Crippen LogP contribution in [0.5, 0.6) is 5.75 Å². The maximum Gasteiger partial charge on any atom is 0.229 e. The number of hydrogen-bond acceptors (Lipinski definition) is 4. The van der Waals surface area contributed by atoms with Crippen molar-refractivity contribution in [3.8, 4) is 5.75 Å². The Morgan fingerprint density at radius 3 is 2.68 bits per heavy atom. The number of anilines is 3. The lowest BCUT2D eigenvalue weighted by Crippen LogP contribution is -2.28. The van der Waals surface area contributed by atoms with Gasteiger partial charge in [0.25, 0.3) is 0 Å². The van der Waals surface area contributed by atoms with E-state index in [2.05, 4.69) is 10.6 Å². The van der Waals surface area contributed by atoms with Crippen LogP contribution in [0.15, 0.2) is 42.5 Å². The van der Waals surface area contributed by atoms with Gasteiger partial charge in [-0.1, -0.05) is 17.7 Å². The summed E-state index contributed by atoms with van der Waals surface area (Å²) >= 11 is 6.15. The minimum atomic E-state index is -0.515. The molecule has 3 amide bonds. The third kappa shape index (κ3) is 4.43. The molecular formula is C20H20ClN3O4. The van der Waals surface area contributed by atoms with Gasteiger partial charge in [0, 0.05) is 37.3 Å². The summed E-state index contributed by atoms with van der Waals surface area (Å²) in [6, 6.07) is 12.0. The smallest absolute Gasteiger partial charge is 0.229 e. The molecule has 1 atom stereocenters. The second kappa shape index (κ2) is 8.31. The van der Waals surface area contributed by atoms with Crippen LogP contribution in [0.2, 0.25) is 5.02 Å². The second-order valence-corrected chi connectivity index (χ2v) is 6.88. The molecule has 0 aliphatic carbocycles. The summed E-state index contributed by atoms with van der Waals surface area (Å²) in [5, 5.41) is 5.74. The van der Waals surface area contributed by atoms with Gasteiger partial charge in [-0.2, -0.15) is 0 Å². The fourth-order valence-corrected chi connectivity index (χ4v) is 3.21. The van der Waals surface area contributed by atoms with Crippen molar-refractivity contribution in [3.05, 3.63) is 47.5 Å². The Morgan fingerprint density at radius 1 is 1.18 bits per heavy atom. The largest absolute Gasteiger partial charge is 0.497 e. The molecule has 2 aromatic rings. The maximum absolute atomic E-state index is 12.7. The fourth-order valence-electron chi connectivity index (χ4n) is 3.05. The van der Waals surface area contributed by atoms with Gasteiger partial charge < -0.3 is 20.3 Å². The molecule has 2 N–H and O–H groups in total. The molecule has 0 radical (unpaired) electrons. The first-order chi connectivity index (χ1) is 13.4. The Morgan fingerprint density at radius 2 is 1.96 bits per heavy atom. The summed E-state index contributed by atoms with van der Waals surface area (Å²) in [6.07, 6.45) is 0.103. The Balaban J connectivity index is 1.72. The molecule has 0 spiro atoms. The van der Waals surface area contributed by atoms with E-state index < -0.39 is 5.92 Å². The zero-order valence-corrected chi connectivity index (χ0v) is 16.2. The molecule has 0 bridgehead atoms. The Bertz CT molecular complexity index is 931. The van der Waals surface area contributed by atoms with Crippen LogP contribution < -0.4 is 20.3 Å². The van der Waals surface area contributed by atoms with Gasteiger partial charge in [-0.3, -0.25) is 14.4 Å². The van der Waals surface area contributed by atoms with Crippen molar-refractivity contribution in [2.45, 2.75) is 13.3 Å². The maximum atomic E-state index is 12.7. The third-order valence-electron chi connectivity index (χ3n) is 4.41. The van der Waals surface area contributed by atoms with Crippen molar-refractivity contribution in [2.75, 3.05) is 29.2 Å². The molecular weight excluding hydrogens is 382 g/mol. The molecule has 146 valence electrons. The van der Waals surface area contributed by atoms with Gasteiger partial charge >= 0.3 is 0 Å². The zero-order valence-electron chi connectivity index (χ0n) is 15.5. The summed E-state index contributed by atoms with van der Waals surface area (Å²) in [5.74, 6) is -0.541. The first-order valence-electron chi connectivity index (χ1n) is 8.70. The fraction of sp³-hybridized carbons (Fsp3) is 0.250. The lowest BCUT2D eigenvalue weighted by Gasteiger charge is -2.17. The number of carbonyl (C=O) groups excluding carboxylic acids is 3. The number of methoxy groups -OCH3 is 1. The highest BCUT2D eigenvalue weighted by atomic mass is 35.5. The van der Waals surface area contributed by atoms with Gasteiger partial charge in [-0.25, -0.2) is 0 Å². The minimum Gasteiger partial charge on any atom is -0.497 e. The predicted octanol–water partition coefficient (Wildman–Crippen LogP) is 3.30. The highest BCUT2D eigenvalue weighted by Crippen LogP contribution is 2.30. The molecule has 1 saturated heterocycles. The van der Waals surface area contributed by atoms with E-state index in [1.54, 1.807) is 54.5 Å². The molecule has 1 aliphatic heterocycles. The van der Waals surface area contributed by atoms with E-state index in [4.69, 9.17) is 16.3 Å². The summed E-state index contributed by atoms with van der Waals surface area (Å²) in [4.78, 5) is 37.9. The topological polar surface area (TPSA) is 87.7 Å². The number of rotatable bonds is 5. The van der Waals surface area contributed by atoms with Crippen molar-refractivity contribution in [1.82, 2.24) is 0 Å². The van der Waals surface area contributed by atoms with Crippen LogP contribution in [-0.4, -0.2) is 31.4 Å². The Hall–Kier alpha value is -3.06. The molecule has 1 unspecified atom stereocenters. The second-order valence-electron chi connectivity index (χ2n) is 6.47. The molecule has 2 aromatic carbocycles. The molecule has 1 fully saturated rings. The highest BCUT2D eigenvalue weighted by molar-refractivity contribution is 6.34. The first kappa shape index (κ1) is 19.7. The van der Waals surface area contributed by atoms with E-state index in [1.165, 1.54) is 6.92 Å². The van der Waals surface area contributed by atoms with Crippen molar-refractivity contribution in [3.63, 3.8) is 0 Å². The predicted molar refractivity (Wildman–Crippen MR) is 108 cm³/mol. The molecule has 7 nitrogen and oxygen atoms in total. The molecule has 0 aromatic heterocycles. The van der Waals surface area contributed by atoms with Crippen molar-refractivity contribution >= 4 is 46.4 Å². The van der Waals surface area contributed by atoms with Gasteiger partial charge in [0.05, 0.1) is 23.7 Å². The van der Waals surface area contributed by atoms with Crippen molar-refractivity contribution in [1.29, 1.82) is 0 Å². The van der Waals surface area contributed by atoms with Crippen LogP contribution >= 0.6 is 11.6 Å². The Labute approximate surface area is 167 Å². The monoisotopic (exact) mass is 401 g/mol. The Kier molecular flexibility index (Phi) is 5.84. The molecule has 1 heterocycles. The number of benzene rings is 2. The first-order valence-corrected chi connectivity index (χ1v) is 9.07. The average Bonchev–Trinajstić information content (AvgIpc) is 3.06. The van der Waals surface area contributed by atoms with E-state index >= 15 is 0 Å². The van der Waals surface area contributed by atoms with Crippen molar-refractivity contribution < 1.29 is 19.1 Å². The van der Waals surface area contributed by atoms with Crippen LogP contribution in [0.3, 0.4) is 0 Å². The van der Waals surface area contributed by atoms with Crippen LogP contribution in [0, 0.1) is 5.92 Å². The number of nitrogens with one attached hydrogen (secondary N) is 2. The molecule has 3 rings (SSSR count). The number of carbonyl (C=O) groups is 3. The van der Waals surface area contributed by atoms with Gasteiger partial charge in [0.2, 0.25) is 17.7 Å². The summed E-state index contributed by atoms with van der Waals surface area (Å²) in [6.45, 7) is 1.66. The van der Waals surface area contributed by atoms with E-state index in [0.29, 0.717) is 27.8 Å². The van der Waals surface area contributed by atoms with Crippen LogP contribution in [-0.2, 0) is 14.4 Å². The normalized spacial score (nSPS) is 16.0. The zero-order chi connectivity index (χ0) is 20.3. The lowest BCUT2D eigenvalue weighted by atomic mass is 10.1. The van der Waals surface area contributed by atoms with Crippen LogP contribution in [0.4, 0.5) is 17.1 Å². The summed E-state index contributed by atoms with van der Waals surface area (Å²) in [5.41, 5.74) is 1.59. The molecule has 8 heteroatoms.